The molecule has 122 valence electrons. The number of rotatable bonds is 0. The van der Waals surface area contributed by atoms with Crippen molar-refractivity contribution in [1.82, 2.24) is 5.32 Å². The lowest BCUT2D eigenvalue weighted by Gasteiger charge is -2.57. The van der Waals surface area contributed by atoms with Crippen molar-refractivity contribution in [3.8, 4) is 0 Å². The van der Waals surface area contributed by atoms with Crippen LogP contribution < -0.4 is 5.32 Å². The molecule has 2 aliphatic heterocycles. The van der Waals surface area contributed by atoms with E-state index in [0.717, 1.165) is 45.1 Å². The van der Waals surface area contributed by atoms with Gasteiger partial charge in [0, 0.05) is 18.4 Å². The summed E-state index contributed by atoms with van der Waals surface area (Å²) in [5.74, 6) is 2.02. The second kappa shape index (κ2) is 3.89. The van der Waals surface area contributed by atoms with Crippen molar-refractivity contribution in [2.75, 3.05) is 6.54 Å². The lowest BCUT2D eigenvalue weighted by atomic mass is 9.45. The van der Waals surface area contributed by atoms with Crippen LogP contribution in [0.1, 0.15) is 52.4 Å². The minimum Gasteiger partial charge on any atom is -0.393 e. The molecule has 5 rings (SSSR count). The maximum absolute atomic E-state index is 12.3. The molecule has 5 fully saturated rings. The van der Waals surface area contributed by atoms with E-state index in [1.165, 1.54) is 0 Å². The highest BCUT2D eigenvalue weighted by Gasteiger charge is 2.76. The molecule has 2 N–H and O–H groups in total. The fourth-order valence-electron chi connectivity index (χ4n) is 7.04. The molecule has 0 aromatic heterocycles. The van der Waals surface area contributed by atoms with Crippen molar-refractivity contribution in [1.29, 1.82) is 0 Å². The second-order valence-electron chi connectivity index (χ2n) is 9.09. The number of amides is 1. The van der Waals surface area contributed by atoms with Crippen LogP contribution in [0.4, 0.5) is 0 Å². The Morgan fingerprint density at radius 1 is 1.23 bits per heavy atom. The van der Waals surface area contributed by atoms with Crippen LogP contribution in [-0.2, 0) is 9.53 Å². The zero-order chi connectivity index (χ0) is 15.3. The third kappa shape index (κ3) is 1.36. The summed E-state index contributed by atoms with van der Waals surface area (Å²) in [5, 5.41) is 13.3. The van der Waals surface area contributed by atoms with E-state index in [1.807, 2.05) is 0 Å². The maximum atomic E-state index is 12.3. The normalized spacial score (nSPS) is 62.3. The number of hydrogen-bond donors (Lipinski definition) is 2. The number of fused-ring (bicyclic) bond motifs is 4. The molecule has 3 aliphatic carbocycles. The SMILES string of the molecule is C[C@]12CC[C@H]3[C@@H](C[C@@H]4O[C@@]45C[C@@H](O)CC[C@]35C)[C@@H]1CNC2=O. The molecule has 3 saturated carbocycles. The van der Waals surface area contributed by atoms with Crippen LogP contribution in [0, 0.1) is 28.6 Å². The van der Waals surface area contributed by atoms with Crippen molar-refractivity contribution in [3.05, 3.63) is 0 Å². The minimum atomic E-state index is -0.182. The zero-order valence-electron chi connectivity index (χ0n) is 13.6. The Bertz CT molecular complexity index is 550. The Labute approximate surface area is 132 Å². The summed E-state index contributed by atoms with van der Waals surface area (Å²) in [6.45, 7) is 5.45. The molecule has 4 heteroatoms. The summed E-state index contributed by atoms with van der Waals surface area (Å²) >= 11 is 0. The van der Waals surface area contributed by atoms with Gasteiger partial charge in [-0.3, -0.25) is 4.79 Å². The highest BCUT2D eigenvalue weighted by molar-refractivity contribution is 5.85. The second-order valence-corrected chi connectivity index (χ2v) is 9.09. The van der Waals surface area contributed by atoms with Gasteiger partial charge in [-0.15, -0.1) is 0 Å². The summed E-state index contributed by atoms with van der Waals surface area (Å²) in [7, 11) is 0. The first-order valence-electron chi connectivity index (χ1n) is 9.05. The van der Waals surface area contributed by atoms with Gasteiger partial charge >= 0.3 is 0 Å². The molecule has 4 nitrogen and oxygen atoms in total. The van der Waals surface area contributed by atoms with E-state index < -0.39 is 0 Å². The zero-order valence-corrected chi connectivity index (χ0v) is 13.6. The summed E-state index contributed by atoms with van der Waals surface area (Å²) in [5.41, 5.74) is 0.00297. The molecule has 0 aromatic rings. The molecule has 0 radical (unpaired) electrons. The van der Waals surface area contributed by atoms with Gasteiger partial charge in [0.2, 0.25) is 5.91 Å². The third-order valence-electron chi connectivity index (χ3n) is 8.45. The van der Waals surface area contributed by atoms with Crippen LogP contribution in [0.5, 0.6) is 0 Å². The first-order chi connectivity index (χ1) is 10.4. The molecular weight excluding hydrogens is 278 g/mol. The quantitative estimate of drug-likeness (QED) is 0.672. The van der Waals surface area contributed by atoms with Gasteiger partial charge in [0.25, 0.3) is 0 Å². The fourth-order valence-corrected chi connectivity index (χ4v) is 7.04. The van der Waals surface area contributed by atoms with E-state index in [2.05, 4.69) is 19.2 Å². The summed E-state index contributed by atoms with van der Waals surface area (Å²) in [6.07, 6.45) is 6.23. The number of aliphatic hydroxyl groups is 1. The summed E-state index contributed by atoms with van der Waals surface area (Å²) in [4.78, 5) is 12.3. The monoisotopic (exact) mass is 305 g/mol. The van der Waals surface area contributed by atoms with Crippen molar-refractivity contribution in [2.24, 2.45) is 28.6 Å². The van der Waals surface area contributed by atoms with Crippen molar-refractivity contribution in [2.45, 2.75) is 70.2 Å². The minimum absolute atomic E-state index is 0.0460. The predicted molar refractivity (Wildman–Crippen MR) is 81.0 cm³/mol. The van der Waals surface area contributed by atoms with E-state index >= 15 is 0 Å². The Balaban J connectivity index is 1.53. The number of epoxide rings is 1. The van der Waals surface area contributed by atoms with Gasteiger partial charge in [-0.1, -0.05) is 13.8 Å². The Kier molecular flexibility index (Phi) is 2.44. The number of nitrogens with one attached hydrogen (secondary N) is 1. The standard InChI is InChI=1S/C18H27NO3/c1-16-5-4-12-11(13(16)9-19-15(16)21)7-14-18(22-14)8-10(20)3-6-17(12,18)2/h10-14,20H,3-9H2,1-2H3,(H,19,21)/t10-,11+,12-,13-,14-,16-,17+,18-/m0/s1. The molecule has 5 aliphatic rings. The van der Waals surface area contributed by atoms with E-state index in [-0.39, 0.29) is 28.4 Å². The smallest absolute Gasteiger partial charge is 0.226 e. The molecule has 0 unspecified atom stereocenters. The number of aliphatic hydroxyl groups excluding tert-OH is 1. The molecule has 2 saturated heterocycles. The summed E-state index contributed by atoms with van der Waals surface area (Å²) in [6, 6.07) is 0. The molecule has 1 amide bonds. The molecule has 0 bridgehead atoms. The average Bonchev–Trinajstić information content (AvgIpc) is 3.08. The highest BCUT2D eigenvalue weighted by Crippen LogP contribution is 2.72. The van der Waals surface area contributed by atoms with Crippen LogP contribution in [0.25, 0.3) is 0 Å². The molecular formula is C18H27NO3. The highest BCUT2D eigenvalue weighted by atomic mass is 16.6. The van der Waals surface area contributed by atoms with E-state index in [9.17, 15) is 9.90 Å². The topological polar surface area (TPSA) is 61.9 Å². The van der Waals surface area contributed by atoms with E-state index in [0.29, 0.717) is 23.9 Å². The number of carbonyl (C=O) groups excluding carboxylic acids is 1. The van der Waals surface area contributed by atoms with Crippen LogP contribution in [-0.4, -0.2) is 35.4 Å². The molecule has 8 atom stereocenters. The van der Waals surface area contributed by atoms with Gasteiger partial charge in [0.15, 0.2) is 0 Å². The predicted octanol–water partition coefficient (Wildman–Crippen LogP) is 1.86. The Hall–Kier alpha value is -0.610. The van der Waals surface area contributed by atoms with Gasteiger partial charge < -0.3 is 15.2 Å². The van der Waals surface area contributed by atoms with E-state index in [1.54, 1.807) is 0 Å². The molecule has 1 spiro atoms. The first kappa shape index (κ1) is 13.8. The van der Waals surface area contributed by atoms with Gasteiger partial charge in [-0.2, -0.15) is 0 Å². The number of hydrogen-bond acceptors (Lipinski definition) is 3. The lowest BCUT2D eigenvalue weighted by molar-refractivity contribution is -0.138. The number of carbonyl (C=O) groups is 1. The largest absolute Gasteiger partial charge is 0.393 e. The van der Waals surface area contributed by atoms with Crippen LogP contribution in [0.3, 0.4) is 0 Å². The van der Waals surface area contributed by atoms with Crippen LogP contribution >= 0.6 is 0 Å². The van der Waals surface area contributed by atoms with Gasteiger partial charge in [0.1, 0.15) is 5.60 Å². The molecule has 2 heterocycles. The van der Waals surface area contributed by atoms with Crippen LogP contribution in [0.2, 0.25) is 0 Å². The molecule has 22 heavy (non-hydrogen) atoms. The Morgan fingerprint density at radius 3 is 2.86 bits per heavy atom. The van der Waals surface area contributed by atoms with Crippen molar-refractivity contribution >= 4 is 5.91 Å². The van der Waals surface area contributed by atoms with Crippen molar-refractivity contribution < 1.29 is 14.6 Å². The Morgan fingerprint density at radius 2 is 2.05 bits per heavy atom. The third-order valence-corrected chi connectivity index (χ3v) is 8.45. The van der Waals surface area contributed by atoms with E-state index in [4.69, 9.17) is 4.74 Å². The summed E-state index contributed by atoms with van der Waals surface area (Å²) < 4.78 is 6.28. The van der Waals surface area contributed by atoms with Gasteiger partial charge in [0.05, 0.1) is 17.6 Å². The van der Waals surface area contributed by atoms with Crippen molar-refractivity contribution in [3.63, 3.8) is 0 Å². The fraction of sp³-hybridized carbons (Fsp3) is 0.944. The average molecular weight is 305 g/mol. The van der Waals surface area contributed by atoms with Gasteiger partial charge in [-0.25, -0.2) is 0 Å². The maximum Gasteiger partial charge on any atom is 0.226 e. The lowest BCUT2D eigenvalue weighted by Crippen LogP contribution is -2.58. The first-order valence-corrected chi connectivity index (χ1v) is 9.05. The van der Waals surface area contributed by atoms with Gasteiger partial charge in [-0.05, 0) is 49.9 Å². The van der Waals surface area contributed by atoms with Crippen LogP contribution in [0.15, 0.2) is 0 Å². The molecule has 0 aromatic carbocycles. The number of ether oxygens (including phenoxy) is 1.